The van der Waals surface area contributed by atoms with Gasteiger partial charge in [0.15, 0.2) is 0 Å². The molecular formula is C72H96N4O10S2. The van der Waals surface area contributed by atoms with Gasteiger partial charge in [-0.3, -0.25) is 9.59 Å². The molecule has 1 aliphatic carbocycles. The molecule has 2 unspecified atom stereocenters. The Balaban J connectivity index is 1.23. The van der Waals surface area contributed by atoms with Crippen molar-refractivity contribution in [2.24, 2.45) is 0 Å². The van der Waals surface area contributed by atoms with Gasteiger partial charge in [-0.1, -0.05) is 167 Å². The molecule has 0 aliphatic heterocycles. The number of phenolic OH excluding ortho intramolecular Hbond substituents is 2. The van der Waals surface area contributed by atoms with Crippen molar-refractivity contribution in [2.75, 3.05) is 26.3 Å². The molecule has 476 valence electrons. The van der Waals surface area contributed by atoms with E-state index in [-0.39, 0.29) is 42.9 Å². The van der Waals surface area contributed by atoms with Gasteiger partial charge in [-0.25, -0.2) is 16.8 Å². The molecule has 8 bridgehead atoms. The number of phenols is 2. The Labute approximate surface area is 525 Å². The molecule has 2 atom stereocenters. The van der Waals surface area contributed by atoms with Gasteiger partial charge in [0.05, 0.1) is 35.1 Å². The van der Waals surface area contributed by atoms with Gasteiger partial charge in [0.2, 0.25) is 31.9 Å². The molecule has 0 radical (unpaired) electrons. The van der Waals surface area contributed by atoms with Gasteiger partial charge in [0.1, 0.15) is 23.0 Å². The summed E-state index contributed by atoms with van der Waals surface area (Å²) in [4.78, 5) is 26.6. The molecule has 1 aliphatic rings. The fourth-order valence-corrected chi connectivity index (χ4v) is 13.1. The first-order valence-corrected chi connectivity index (χ1v) is 33.9. The average Bonchev–Trinajstić information content (AvgIpc) is 1.17. The Morgan fingerprint density at radius 3 is 0.932 bits per heavy atom. The molecule has 2 amide bonds. The highest BCUT2D eigenvalue weighted by Gasteiger charge is 2.30. The van der Waals surface area contributed by atoms with E-state index in [0.29, 0.717) is 89.2 Å². The number of benzene rings is 6. The number of carbonyl (C=O) groups excluding carboxylic acids is 2. The Morgan fingerprint density at radius 1 is 0.432 bits per heavy atom. The highest BCUT2D eigenvalue weighted by molar-refractivity contribution is 7.89. The summed E-state index contributed by atoms with van der Waals surface area (Å²) in [6.45, 7) is 34.1. The van der Waals surface area contributed by atoms with Crippen LogP contribution in [0.15, 0.2) is 107 Å². The van der Waals surface area contributed by atoms with E-state index >= 15 is 0 Å². The fraction of sp³-hybridized carbons (Fsp3) is 0.472. The number of nitrogens with one attached hydrogen (secondary N) is 4. The summed E-state index contributed by atoms with van der Waals surface area (Å²) in [7, 11) is -7.83. The quantitative estimate of drug-likeness (QED) is 0.0398. The Hall–Kier alpha value is -6.72. The van der Waals surface area contributed by atoms with Crippen LogP contribution in [0.25, 0.3) is 0 Å². The topological polar surface area (TPSA) is 209 Å². The van der Waals surface area contributed by atoms with Crippen LogP contribution in [0.4, 0.5) is 0 Å². The highest BCUT2D eigenvalue weighted by atomic mass is 32.2. The van der Waals surface area contributed by atoms with Crippen LogP contribution < -0.4 is 29.6 Å². The molecule has 14 nitrogen and oxygen atoms in total. The third kappa shape index (κ3) is 17.8. The molecule has 0 spiro atoms. The summed E-state index contributed by atoms with van der Waals surface area (Å²) in [5.74, 6) is 0.810. The second kappa shape index (κ2) is 27.6. The second-order valence-corrected chi connectivity index (χ2v) is 31.7. The Kier molecular flexibility index (Phi) is 21.5. The predicted octanol–water partition coefficient (Wildman–Crippen LogP) is 12.9. The minimum Gasteiger partial charge on any atom is -0.507 e. The Bertz CT molecular complexity index is 3380. The minimum absolute atomic E-state index is 0.0865. The summed E-state index contributed by atoms with van der Waals surface area (Å²) in [6, 6.07) is 28.1. The van der Waals surface area contributed by atoms with Gasteiger partial charge in [0.25, 0.3) is 0 Å². The molecule has 0 saturated carbocycles. The number of amides is 2. The van der Waals surface area contributed by atoms with E-state index < -0.39 is 43.9 Å². The number of fused-ring (bicyclic) bond motifs is 8. The van der Waals surface area contributed by atoms with Crippen LogP contribution in [0.2, 0.25) is 0 Å². The number of aryl methyl sites for hydroxylation is 2. The lowest BCUT2D eigenvalue weighted by Gasteiger charge is -2.28. The molecule has 6 N–H and O–H groups in total. The number of carbonyl (C=O) groups is 2. The lowest BCUT2D eigenvalue weighted by Crippen LogP contribution is -2.45. The smallest absolute Gasteiger partial charge is 0.241 e. The van der Waals surface area contributed by atoms with E-state index in [1.807, 2.05) is 13.8 Å². The van der Waals surface area contributed by atoms with Crippen LogP contribution >= 0.6 is 0 Å². The van der Waals surface area contributed by atoms with Gasteiger partial charge < -0.3 is 30.3 Å². The second-order valence-electron chi connectivity index (χ2n) is 28.2. The third-order valence-electron chi connectivity index (χ3n) is 16.4. The number of rotatable bonds is 20. The van der Waals surface area contributed by atoms with Crippen molar-refractivity contribution in [1.82, 2.24) is 20.1 Å². The monoisotopic (exact) mass is 1240 g/mol. The molecular weight excluding hydrogens is 1140 g/mol. The van der Waals surface area contributed by atoms with Crippen LogP contribution in [0.1, 0.15) is 201 Å². The van der Waals surface area contributed by atoms with Gasteiger partial charge in [-0.2, -0.15) is 9.44 Å². The standard InChI is InChI=1S/C72H96N4O10S2/c1-45-21-25-61(26-22-45)87(81,82)75-47(3)67(79)73-29-17-19-31-85-65-53-33-49-37-57(69(5,6)7)39-51(63(49)77)35-55-43-60(72(14,15)16)44-56(36-52-40-58(70(8,9)10)38-50(64(52)78)34-54(65)42-59(41-53)71(11,12)13)66(55)86-32-20-18-30-74-68(80)48(4)76-88(83,84)62-27-23-46(2)24-28-62/h21-28,37-44,47-48,75-78H,17-20,29-36H2,1-16H3,(H,73,79)(H,74,80). The van der Waals surface area contributed by atoms with E-state index in [4.69, 9.17) is 9.47 Å². The number of unbranched alkanes of at least 4 members (excludes halogenated alkanes) is 2. The number of aromatic hydroxyl groups is 2. The number of ether oxygens (including phenoxy) is 2. The molecule has 0 saturated heterocycles. The van der Waals surface area contributed by atoms with Crippen LogP contribution in [-0.2, 0) is 77.0 Å². The van der Waals surface area contributed by atoms with Crippen molar-refractivity contribution >= 4 is 31.9 Å². The van der Waals surface area contributed by atoms with Crippen molar-refractivity contribution in [3.63, 3.8) is 0 Å². The first-order valence-electron chi connectivity index (χ1n) is 30.9. The molecule has 88 heavy (non-hydrogen) atoms. The lowest BCUT2D eigenvalue weighted by atomic mass is 9.79. The molecule has 16 heteroatoms. The zero-order valence-electron chi connectivity index (χ0n) is 54.9. The maximum absolute atomic E-state index is 13.2. The van der Waals surface area contributed by atoms with Gasteiger partial charge in [-0.15, -0.1) is 0 Å². The van der Waals surface area contributed by atoms with Crippen LogP contribution in [-0.4, -0.2) is 77.2 Å². The SMILES string of the molecule is Cc1ccc(S(=O)(=O)NC(C)C(=O)NCCCCOc2c3cc(C(C)(C)C)cc2Cc2cc(C(C)(C)C)cc(c2O)Cc2cc(C(C)(C)C)cc(c2OCCCCNC(=O)C(C)NS(=O)(=O)c2ccc(C)cc2)Cc2cc(C(C)(C)C)cc(c2O)C3)cc1. The summed E-state index contributed by atoms with van der Waals surface area (Å²) in [5, 5.41) is 31.4. The van der Waals surface area contributed by atoms with E-state index in [2.05, 4.69) is 152 Å². The van der Waals surface area contributed by atoms with Crippen molar-refractivity contribution < 1.29 is 46.1 Å². The summed E-state index contributed by atoms with van der Waals surface area (Å²) < 4.78 is 71.2. The van der Waals surface area contributed by atoms with Crippen molar-refractivity contribution in [2.45, 2.75) is 206 Å². The predicted molar refractivity (Wildman–Crippen MR) is 353 cm³/mol. The largest absolute Gasteiger partial charge is 0.507 e. The van der Waals surface area contributed by atoms with E-state index in [1.54, 1.807) is 24.3 Å². The number of sulfonamides is 2. The van der Waals surface area contributed by atoms with Crippen LogP contribution in [0.3, 0.4) is 0 Å². The van der Waals surface area contributed by atoms with Crippen molar-refractivity contribution in [3.8, 4) is 23.0 Å². The highest BCUT2D eigenvalue weighted by Crippen LogP contribution is 2.44. The van der Waals surface area contributed by atoms with E-state index in [0.717, 1.165) is 77.9 Å². The number of hydrogen-bond donors (Lipinski definition) is 6. The lowest BCUT2D eigenvalue weighted by molar-refractivity contribution is -0.123. The molecule has 0 fully saturated rings. The molecule has 0 aromatic heterocycles. The molecule has 0 heterocycles. The maximum Gasteiger partial charge on any atom is 0.241 e. The van der Waals surface area contributed by atoms with Crippen molar-refractivity contribution in [1.29, 1.82) is 0 Å². The average molecular weight is 1240 g/mol. The summed E-state index contributed by atoms with van der Waals surface area (Å²) in [5.41, 5.74) is 11.4. The van der Waals surface area contributed by atoms with Crippen LogP contribution in [0, 0.1) is 13.8 Å². The summed E-state index contributed by atoms with van der Waals surface area (Å²) >= 11 is 0. The minimum atomic E-state index is -3.92. The Morgan fingerprint density at radius 2 is 0.682 bits per heavy atom. The fourth-order valence-electron chi connectivity index (χ4n) is 10.7. The third-order valence-corrected chi connectivity index (χ3v) is 19.5. The van der Waals surface area contributed by atoms with Gasteiger partial charge >= 0.3 is 0 Å². The normalized spacial score (nSPS) is 14.0. The van der Waals surface area contributed by atoms with Gasteiger partial charge in [0, 0.05) is 38.8 Å². The van der Waals surface area contributed by atoms with Crippen LogP contribution in [0.5, 0.6) is 23.0 Å². The van der Waals surface area contributed by atoms with Crippen molar-refractivity contribution in [3.05, 3.63) is 175 Å². The first kappa shape index (κ1) is 68.8. The van der Waals surface area contributed by atoms with Gasteiger partial charge in [-0.05, 0) is 166 Å². The summed E-state index contributed by atoms with van der Waals surface area (Å²) in [6.07, 6.45) is 3.51. The maximum atomic E-state index is 13.2. The van der Waals surface area contributed by atoms with E-state index in [1.165, 1.54) is 38.1 Å². The zero-order chi connectivity index (χ0) is 64.9. The first-order chi connectivity index (χ1) is 40.9. The molecule has 6 aromatic rings. The van der Waals surface area contributed by atoms with E-state index in [9.17, 15) is 36.6 Å². The zero-order valence-corrected chi connectivity index (χ0v) is 56.5. The molecule has 6 aromatic carbocycles. The number of hydrogen-bond acceptors (Lipinski definition) is 10. The molecule has 7 rings (SSSR count).